The second-order valence-electron chi connectivity index (χ2n) is 5.45. The first-order valence-corrected chi connectivity index (χ1v) is 10.4. The quantitative estimate of drug-likeness (QED) is 0.676. The van der Waals surface area contributed by atoms with E-state index in [0.717, 1.165) is 5.75 Å². The van der Waals surface area contributed by atoms with E-state index in [1.807, 2.05) is 0 Å². The second-order valence-corrected chi connectivity index (χ2v) is 8.32. The fourth-order valence-electron chi connectivity index (χ4n) is 2.19. The van der Waals surface area contributed by atoms with Gasteiger partial charge in [0, 0.05) is 24.1 Å². The van der Waals surface area contributed by atoms with Crippen LogP contribution < -0.4 is 14.2 Å². The van der Waals surface area contributed by atoms with Crippen molar-refractivity contribution in [2.24, 2.45) is 0 Å². The maximum atomic E-state index is 12.4. The summed E-state index contributed by atoms with van der Waals surface area (Å²) in [6.45, 7) is 2.42. The zero-order valence-corrected chi connectivity index (χ0v) is 16.2. The maximum absolute atomic E-state index is 12.4. The molecule has 0 aliphatic rings. The monoisotopic (exact) mass is 381 g/mol. The third-order valence-electron chi connectivity index (χ3n) is 3.59. The topological polar surface area (TPSA) is 64.6 Å². The summed E-state index contributed by atoms with van der Waals surface area (Å²) >= 11 is 1.69. The van der Waals surface area contributed by atoms with Crippen molar-refractivity contribution < 1.29 is 17.9 Å². The van der Waals surface area contributed by atoms with Crippen molar-refractivity contribution in [3.63, 3.8) is 0 Å². The molecule has 7 heteroatoms. The molecule has 25 heavy (non-hydrogen) atoms. The van der Waals surface area contributed by atoms with Crippen LogP contribution in [0.1, 0.15) is 11.1 Å². The van der Waals surface area contributed by atoms with Crippen LogP contribution in [0.25, 0.3) is 0 Å². The Hall–Kier alpha value is -1.70. The molecule has 0 fully saturated rings. The Morgan fingerprint density at radius 3 is 2.32 bits per heavy atom. The SMILES string of the molecule is COc1ccc(S(=O)(=O)NCCSCc2ccc(C)cc2)cc1OC. The van der Waals surface area contributed by atoms with Crippen molar-refractivity contribution in [3.05, 3.63) is 53.6 Å². The van der Waals surface area contributed by atoms with Crippen LogP contribution in [0.15, 0.2) is 47.4 Å². The number of hydrogen-bond donors (Lipinski definition) is 1. The van der Waals surface area contributed by atoms with E-state index in [1.54, 1.807) is 17.8 Å². The summed E-state index contributed by atoms with van der Waals surface area (Å²) in [5, 5.41) is 0. The molecular weight excluding hydrogens is 358 g/mol. The third-order valence-corrected chi connectivity index (χ3v) is 6.08. The molecule has 0 unspecified atom stereocenters. The molecule has 5 nitrogen and oxygen atoms in total. The minimum Gasteiger partial charge on any atom is -0.493 e. The van der Waals surface area contributed by atoms with Crippen molar-refractivity contribution in [3.8, 4) is 11.5 Å². The first kappa shape index (κ1) is 19.6. The van der Waals surface area contributed by atoms with Gasteiger partial charge in [-0.2, -0.15) is 11.8 Å². The highest BCUT2D eigenvalue weighted by atomic mass is 32.2. The Morgan fingerprint density at radius 2 is 1.68 bits per heavy atom. The number of nitrogens with one attached hydrogen (secondary N) is 1. The molecule has 0 bridgehead atoms. The molecule has 0 heterocycles. The van der Waals surface area contributed by atoms with Crippen LogP contribution in [0.4, 0.5) is 0 Å². The van der Waals surface area contributed by atoms with E-state index < -0.39 is 10.0 Å². The standard InChI is InChI=1S/C18H23NO4S2/c1-14-4-6-15(7-5-14)13-24-11-10-19-25(20,21)16-8-9-17(22-2)18(12-16)23-3/h4-9,12,19H,10-11,13H2,1-3H3. The van der Waals surface area contributed by atoms with Gasteiger partial charge in [-0.3, -0.25) is 0 Å². The second kappa shape index (κ2) is 9.12. The van der Waals surface area contributed by atoms with Crippen LogP contribution in [0.5, 0.6) is 11.5 Å². The smallest absolute Gasteiger partial charge is 0.240 e. The van der Waals surface area contributed by atoms with E-state index in [4.69, 9.17) is 9.47 Å². The number of hydrogen-bond acceptors (Lipinski definition) is 5. The number of aryl methyl sites for hydroxylation is 1. The summed E-state index contributed by atoms with van der Waals surface area (Å²) in [6, 6.07) is 12.9. The summed E-state index contributed by atoms with van der Waals surface area (Å²) in [6.07, 6.45) is 0. The largest absolute Gasteiger partial charge is 0.493 e. The van der Waals surface area contributed by atoms with Crippen LogP contribution in [-0.4, -0.2) is 34.9 Å². The molecule has 0 saturated carbocycles. The number of sulfonamides is 1. The Balaban J connectivity index is 1.86. The van der Waals surface area contributed by atoms with Crippen molar-refractivity contribution in [2.75, 3.05) is 26.5 Å². The summed E-state index contributed by atoms with van der Waals surface area (Å²) in [7, 11) is -0.582. The predicted molar refractivity (Wildman–Crippen MR) is 102 cm³/mol. The fraction of sp³-hybridized carbons (Fsp3) is 0.333. The van der Waals surface area contributed by atoms with Crippen LogP contribution in [0.2, 0.25) is 0 Å². The zero-order chi connectivity index (χ0) is 18.3. The van der Waals surface area contributed by atoms with E-state index in [1.165, 1.54) is 37.5 Å². The third kappa shape index (κ3) is 5.66. The molecule has 0 aliphatic heterocycles. The molecule has 0 saturated heterocycles. The zero-order valence-electron chi connectivity index (χ0n) is 14.6. The van der Waals surface area contributed by atoms with Gasteiger partial charge in [-0.15, -0.1) is 0 Å². The van der Waals surface area contributed by atoms with Crippen LogP contribution in [0.3, 0.4) is 0 Å². The normalized spacial score (nSPS) is 11.3. The van der Waals surface area contributed by atoms with Gasteiger partial charge < -0.3 is 9.47 Å². The van der Waals surface area contributed by atoms with Gasteiger partial charge in [0.2, 0.25) is 10.0 Å². The van der Waals surface area contributed by atoms with Gasteiger partial charge in [-0.1, -0.05) is 29.8 Å². The van der Waals surface area contributed by atoms with Crippen LogP contribution >= 0.6 is 11.8 Å². The van der Waals surface area contributed by atoms with Crippen molar-refractivity contribution in [1.29, 1.82) is 0 Å². The van der Waals surface area contributed by atoms with Gasteiger partial charge in [-0.25, -0.2) is 13.1 Å². The van der Waals surface area contributed by atoms with Gasteiger partial charge in [0.25, 0.3) is 0 Å². The van der Waals surface area contributed by atoms with Crippen LogP contribution in [0, 0.1) is 6.92 Å². The van der Waals surface area contributed by atoms with Gasteiger partial charge in [0.1, 0.15) is 0 Å². The molecule has 2 aromatic rings. The molecule has 0 radical (unpaired) electrons. The number of methoxy groups -OCH3 is 2. The van der Waals surface area contributed by atoms with E-state index in [2.05, 4.69) is 35.9 Å². The molecule has 2 rings (SSSR count). The summed E-state index contributed by atoms with van der Waals surface area (Å²) < 4.78 is 37.6. The summed E-state index contributed by atoms with van der Waals surface area (Å²) in [4.78, 5) is 0.161. The predicted octanol–water partition coefficient (Wildman–Crippen LogP) is 3.22. The molecule has 1 N–H and O–H groups in total. The van der Waals surface area contributed by atoms with E-state index in [9.17, 15) is 8.42 Å². The lowest BCUT2D eigenvalue weighted by Gasteiger charge is -2.11. The molecular formula is C18H23NO4S2. The summed E-state index contributed by atoms with van der Waals surface area (Å²) in [5.74, 6) is 2.44. The molecule has 0 spiro atoms. The minimum absolute atomic E-state index is 0.161. The Morgan fingerprint density at radius 1 is 1.00 bits per heavy atom. The fourth-order valence-corrected chi connectivity index (χ4v) is 4.18. The van der Waals surface area contributed by atoms with Crippen LogP contribution in [-0.2, 0) is 15.8 Å². The number of benzene rings is 2. The van der Waals surface area contributed by atoms with Gasteiger partial charge in [0.15, 0.2) is 11.5 Å². The van der Waals surface area contributed by atoms with Crippen molar-refractivity contribution >= 4 is 21.8 Å². The lowest BCUT2D eigenvalue weighted by Crippen LogP contribution is -2.26. The molecule has 0 aliphatic carbocycles. The molecule has 0 aromatic heterocycles. The van der Waals surface area contributed by atoms with Crippen molar-refractivity contribution in [2.45, 2.75) is 17.6 Å². The number of rotatable bonds is 9. The molecule has 136 valence electrons. The van der Waals surface area contributed by atoms with Gasteiger partial charge >= 0.3 is 0 Å². The molecule has 0 atom stereocenters. The number of thioether (sulfide) groups is 1. The summed E-state index contributed by atoms with van der Waals surface area (Å²) in [5.41, 5.74) is 2.47. The lowest BCUT2D eigenvalue weighted by atomic mass is 10.2. The first-order chi connectivity index (χ1) is 12.0. The van der Waals surface area contributed by atoms with E-state index >= 15 is 0 Å². The average molecular weight is 382 g/mol. The highest BCUT2D eigenvalue weighted by molar-refractivity contribution is 7.98. The van der Waals surface area contributed by atoms with E-state index in [0.29, 0.717) is 23.8 Å². The minimum atomic E-state index is -3.57. The van der Waals surface area contributed by atoms with E-state index in [-0.39, 0.29) is 4.90 Å². The van der Waals surface area contributed by atoms with Gasteiger partial charge in [-0.05, 0) is 24.6 Å². The lowest BCUT2D eigenvalue weighted by molar-refractivity contribution is 0.354. The number of ether oxygens (including phenoxy) is 2. The highest BCUT2D eigenvalue weighted by Gasteiger charge is 2.16. The Labute approximate surface area is 153 Å². The first-order valence-electron chi connectivity index (χ1n) is 7.81. The Kier molecular flexibility index (Phi) is 7.16. The maximum Gasteiger partial charge on any atom is 0.240 e. The average Bonchev–Trinajstić information content (AvgIpc) is 2.62. The Bertz CT molecular complexity index is 789. The highest BCUT2D eigenvalue weighted by Crippen LogP contribution is 2.29. The van der Waals surface area contributed by atoms with Crippen molar-refractivity contribution in [1.82, 2.24) is 4.72 Å². The van der Waals surface area contributed by atoms with Gasteiger partial charge in [0.05, 0.1) is 19.1 Å². The molecule has 0 amide bonds. The molecule has 2 aromatic carbocycles.